The largest absolute Gasteiger partial charge is 0.380 e. The number of carbonyl (C=O) groups is 1. The van der Waals surface area contributed by atoms with E-state index in [1.807, 2.05) is 30.3 Å². The smallest absolute Gasteiger partial charge is 0.252 e. The summed E-state index contributed by atoms with van der Waals surface area (Å²) in [5, 5.41) is 13.0. The van der Waals surface area contributed by atoms with Gasteiger partial charge in [-0.05, 0) is 31.2 Å². The lowest BCUT2D eigenvalue weighted by molar-refractivity contribution is -0.139. The number of carbonyl (C=O) groups excluding carboxylic acids is 1. The Kier molecular flexibility index (Phi) is 4.56. The first kappa shape index (κ1) is 14.0. The highest BCUT2D eigenvalue weighted by atomic mass is 16.5. The number of amides is 1. The van der Waals surface area contributed by atoms with Crippen LogP contribution in [0.2, 0.25) is 0 Å². The molecule has 0 spiro atoms. The minimum Gasteiger partial charge on any atom is -0.380 e. The number of hydrogen-bond acceptors (Lipinski definition) is 3. The van der Waals surface area contributed by atoms with Crippen molar-refractivity contribution < 1.29 is 14.6 Å². The zero-order valence-corrected chi connectivity index (χ0v) is 11.3. The lowest BCUT2D eigenvalue weighted by atomic mass is 10.0. The van der Waals surface area contributed by atoms with Crippen LogP contribution in [0.15, 0.2) is 30.3 Å². The lowest BCUT2D eigenvalue weighted by Crippen LogP contribution is -2.46. The Bertz CT molecular complexity index is 413. The van der Waals surface area contributed by atoms with Crippen LogP contribution >= 0.6 is 0 Å². The third kappa shape index (κ3) is 3.33. The van der Waals surface area contributed by atoms with E-state index >= 15 is 0 Å². The fourth-order valence-electron chi connectivity index (χ4n) is 2.54. The maximum Gasteiger partial charge on any atom is 0.252 e. The van der Waals surface area contributed by atoms with E-state index in [1.165, 1.54) is 0 Å². The van der Waals surface area contributed by atoms with Gasteiger partial charge in [0.1, 0.15) is 5.60 Å². The first-order chi connectivity index (χ1) is 9.15. The van der Waals surface area contributed by atoms with E-state index in [-0.39, 0.29) is 12.0 Å². The molecule has 1 fully saturated rings. The predicted molar refractivity (Wildman–Crippen MR) is 72.6 cm³/mol. The summed E-state index contributed by atoms with van der Waals surface area (Å²) in [4.78, 5) is 12.0. The molecule has 4 nitrogen and oxygen atoms in total. The van der Waals surface area contributed by atoms with Crippen LogP contribution in [0, 0.1) is 0 Å². The minimum absolute atomic E-state index is 0.185. The Labute approximate surface area is 113 Å². The lowest BCUT2D eigenvalue weighted by Gasteiger charge is -2.23. The molecule has 0 bridgehead atoms. The van der Waals surface area contributed by atoms with Crippen molar-refractivity contribution in [2.45, 2.75) is 37.4 Å². The average Bonchev–Trinajstić information content (AvgIpc) is 2.89. The van der Waals surface area contributed by atoms with Crippen molar-refractivity contribution >= 4 is 5.91 Å². The fourth-order valence-corrected chi connectivity index (χ4v) is 2.54. The zero-order valence-electron chi connectivity index (χ0n) is 11.3. The maximum absolute atomic E-state index is 12.0. The molecule has 1 atom stereocenters. The van der Waals surface area contributed by atoms with E-state index in [2.05, 4.69) is 5.32 Å². The summed E-state index contributed by atoms with van der Waals surface area (Å²) < 4.78 is 5.39. The van der Waals surface area contributed by atoms with Gasteiger partial charge in [-0.1, -0.05) is 30.3 Å². The van der Waals surface area contributed by atoms with Crippen LogP contribution < -0.4 is 5.32 Å². The summed E-state index contributed by atoms with van der Waals surface area (Å²) in [6.45, 7) is 0.377. The Balaban J connectivity index is 1.92. The molecular weight excluding hydrogens is 242 g/mol. The van der Waals surface area contributed by atoms with Gasteiger partial charge in [0, 0.05) is 13.7 Å². The number of methoxy groups -OCH3 is 1. The Hall–Kier alpha value is -1.39. The van der Waals surface area contributed by atoms with Crippen molar-refractivity contribution in [2.75, 3.05) is 13.7 Å². The van der Waals surface area contributed by atoms with E-state index in [1.54, 1.807) is 7.11 Å². The van der Waals surface area contributed by atoms with Crippen molar-refractivity contribution in [3.05, 3.63) is 35.9 Å². The van der Waals surface area contributed by atoms with Gasteiger partial charge in [-0.25, -0.2) is 0 Å². The number of ether oxygens (including phenoxy) is 1. The molecule has 4 heteroatoms. The van der Waals surface area contributed by atoms with Crippen LogP contribution in [0.25, 0.3) is 0 Å². The summed E-state index contributed by atoms with van der Waals surface area (Å²) in [6, 6.07) is 9.74. The van der Waals surface area contributed by atoms with Crippen molar-refractivity contribution in [1.82, 2.24) is 5.32 Å². The standard InChI is InChI=1S/C15H21NO3/c1-19-13(12-7-3-2-4-8-12)11-16-14(17)15(18)9-5-6-10-15/h2-4,7-8,13,18H,5-6,9-11H2,1H3,(H,16,17). The van der Waals surface area contributed by atoms with Gasteiger partial charge in [0.05, 0.1) is 6.10 Å². The number of rotatable bonds is 5. The number of benzene rings is 1. The molecule has 1 amide bonds. The summed E-state index contributed by atoms with van der Waals surface area (Å²) >= 11 is 0. The van der Waals surface area contributed by atoms with Gasteiger partial charge in [0.25, 0.3) is 5.91 Å². The van der Waals surface area contributed by atoms with Crippen molar-refractivity contribution in [1.29, 1.82) is 0 Å². The summed E-state index contributed by atoms with van der Waals surface area (Å²) in [5.41, 5.74) is -0.154. The average molecular weight is 263 g/mol. The Morgan fingerprint density at radius 2 is 2.00 bits per heavy atom. The molecule has 1 aromatic carbocycles. The number of aliphatic hydroxyl groups is 1. The van der Waals surface area contributed by atoms with Crippen molar-refractivity contribution in [3.8, 4) is 0 Å². The van der Waals surface area contributed by atoms with E-state index < -0.39 is 5.60 Å². The van der Waals surface area contributed by atoms with Crippen LogP contribution in [-0.2, 0) is 9.53 Å². The summed E-state index contributed by atoms with van der Waals surface area (Å²) in [5.74, 6) is -0.275. The molecular formula is C15H21NO3. The second-order valence-corrected chi connectivity index (χ2v) is 5.08. The SMILES string of the molecule is COC(CNC(=O)C1(O)CCCC1)c1ccccc1. The molecule has 1 aromatic rings. The van der Waals surface area contributed by atoms with Crippen LogP contribution in [0.1, 0.15) is 37.4 Å². The van der Waals surface area contributed by atoms with Crippen LogP contribution in [-0.4, -0.2) is 30.3 Å². The Morgan fingerprint density at radius 3 is 2.58 bits per heavy atom. The molecule has 1 aliphatic carbocycles. The van der Waals surface area contributed by atoms with Gasteiger partial charge in [0.15, 0.2) is 0 Å². The van der Waals surface area contributed by atoms with Gasteiger partial charge in [-0.15, -0.1) is 0 Å². The van der Waals surface area contributed by atoms with E-state index in [0.29, 0.717) is 19.4 Å². The maximum atomic E-state index is 12.0. The van der Waals surface area contributed by atoms with Gasteiger partial charge in [-0.2, -0.15) is 0 Å². The van der Waals surface area contributed by atoms with E-state index in [9.17, 15) is 9.90 Å². The van der Waals surface area contributed by atoms with Gasteiger partial charge in [0.2, 0.25) is 0 Å². The van der Waals surface area contributed by atoms with Gasteiger partial charge in [-0.3, -0.25) is 4.79 Å². The zero-order chi connectivity index (χ0) is 13.7. The van der Waals surface area contributed by atoms with E-state index in [4.69, 9.17) is 4.74 Å². The van der Waals surface area contributed by atoms with Gasteiger partial charge >= 0.3 is 0 Å². The molecule has 19 heavy (non-hydrogen) atoms. The molecule has 2 rings (SSSR count). The molecule has 0 saturated heterocycles. The number of hydrogen-bond donors (Lipinski definition) is 2. The molecule has 0 aliphatic heterocycles. The molecule has 104 valence electrons. The number of nitrogens with one attached hydrogen (secondary N) is 1. The Morgan fingerprint density at radius 1 is 1.37 bits per heavy atom. The summed E-state index contributed by atoms with van der Waals surface area (Å²) in [6.07, 6.45) is 2.76. The van der Waals surface area contributed by atoms with Crippen molar-refractivity contribution in [3.63, 3.8) is 0 Å². The molecule has 0 aromatic heterocycles. The second kappa shape index (κ2) is 6.17. The van der Waals surface area contributed by atoms with Crippen molar-refractivity contribution in [2.24, 2.45) is 0 Å². The fraction of sp³-hybridized carbons (Fsp3) is 0.533. The second-order valence-electron chi connectivity index (χ2n) is 5.08. The predicted octanol–water partition coefficient (Wildman–Crippen LogP) is 1.80. The van der Waals surface area contributed by atoms with E-state index in [0.717, 1.165) is 18.4 Å². The molecule has 0 heterocycles. The highest BCUT2D eigenvalue weighted by Gasteiger charge is 2.38. The molecule has 1 saturated carbocycles. The molecule has 2 N–H and O–H groups in total. The first-order valence-electron chi connectivity index (χ1n) is 6.74. The first-order valence-corrected chi connectivity index (χ1v) is 6.74. The minimum atomic E-state index is -1.17. The topological polar surface area (TPSA) is 58.6 Å². The monoisotopic (exact) mass is 263 g/mol. The molecule has 1 aliphatic rings. The highest BCUT2D eigenvalue weighted by molar-refractivity contribution is 5.85. The quantitative estimate of drug-likeness (QED) is 0.851. The highest BCUT2D eigenvalue weighted by Crippen LogP contribution is 2.29. The van der Waals surface area contributed by atoms with Gasteiger partial charge < -0.3 is 15.2 Å². The van der Waals surface area contributed by atoms with Crippen LogP contribution in [0.4, 0.5) is 0 Å². The van der Waals surface area contributed by atoms with Crippen LogP contribution in [0.3, 0.4) is 0 Å². The molecule has 1 unspecified atom stereocenters. The molecule has 0 radical (unpaired) electrons. The normalized spacial score (nSPS) is 19.1. The van der Waals surface area contributed by atoms with Crippen LogP contribution in [0.5, 0.6) is 0 Å². The third-order valence-electron chi connectivity index (χ3n) is 3.76. The third-order valence-corrected chi connectivity index (χ3v) is 3.76. The summed E-state index contributed by atoms with van der Waals surface area (Å²) in [7, 11) is 1.62.